The van der Waals surface area contributed by atoms with Crippen molar-refractivity contribution in [1.82, 2.24) is 10.3 Å². The number of hydrogen-bond donors (Lipinski definition) is 1. The molecule has 0 aromatic carbocycles. The molecule has 2 aliphatic rings. The van der Waals surface area contributed by atoms with Crippen molar-refractivity contribution in [2.45, 2.75) is 39.7 Å². The van der Waals surface area contributed by atoms with Crippen LogP contribution in [0.25, 0.3) is 0 Å². The lowest BCUT2D eigenvalue weighted by Gasteiger charge is -2.27. The summed E-state index contributed by atoms with van der Waals surface area (Å²) in [4.78, 5) is 11.8. The first-order valence-electron chi connectivity index (χ1n) is 5.38. The third-order valence-electron chi connectivity index (χ3n) is 2.63. The van der Waals surface area contributed by atoms with E-state index in [0.29, 0.717) is 19.4 Å². The van der Waals surface area contributed by atoms with Crippen molar-refractivity contribution < 1.29 is 17.4 Å². The van der Waals surface area contributed by atoms with Gasteiger partial charge in [0.1, 0.15) is 0 Å². The van der Waals surface area contributed by atoms with E-state index in [4.69, 9.17) is 4.18 Å². The molecule has 18 heavy (non-hydrogen) atoms. The number of urea groups is 1. The van der Waals surface area contributed by atoms with Gasteiger partial charge in [-0.25, -0.2) is 9.80 Å². The quantitative estimate of drug-likeness (QED) is 0.666. The molecule has 2 heterocycles. The maximum atomic E-state index is 11.8. The van der Waals surface area contributed by atoms with Crippen LogP contribution in [0, 0.1) is 0 Å². The molecule has 0 radical (unpaired) electrons. The van der Waals surface area contributed by atoms with Gasteiger partial charge in [-0.2, -0.15) is 8.42 Å². The number of fused-ring (bicyclic) bond motifs is 1. The Bertz CT molecular complexity index is 470. The number of hydrogen-bond acceptors (Lipinski definition) is 5. The van der Waals surface area contributed by atoms with Crippen LogP contribution in [0.2, 0.25) is 0 Å². The van der Waals surface area contributed by atoms with E-state index in [1.165, 1.54) is 5.01 Å². The predicted octanol–water partition coefficient (Wildman–Crippen LogP) is 0.880. The third-order valence-corrected chi connectivity index (χ3v) is 3.87. The molecule has 2 aliphatic heterocycles. The van der Waals surface area contributed by atoms with Gasteiger partial charge in [-0.1, -0.05) is 7.43 Å². The lowest BCUT2D eigenvalue weighted by atomic mass is 10.0. The normalized spacial score (nSPS) is 25.3. The zero-order valence-corrected chi connectivity index (χ0v) is 10.6. The number of rotatable bonds is 0. The van der Waals surface area contributed by atoms with Crippen molar-refractivity contribution in [1.29, 1.82) is 0 Å². The molecule has 1 N–H and O–H groups in total. The average Bonchev–Trinajstić information content (AvgIpc) is 2.45. The largest absolute Gasteiger partial charge is 0.365 e. The first-order valence-corrected chi connectivity index (χ1v) is 6.96. The lowest BCUT2D eigenvalue weighted by molar-refractivity contribution is 0.154. The minimum atomic E-state index is -3.59. The number of amides is 2. The Kier molecular flexibility index (Phi) is 3.89. The van der Waals surface area contributed by atoms with E-state index in [1.807, 2.05) is 0 Å². The highest BCUT2D eigenvalue weighted by molar-refractivity contribution is 7.87. The van der Waals surface area contributed by atoms with Crippen LogP contribution in [0.5, 0.6) is 0 Å². The average molecular weight is 277 g/mol. The van der Waals surface area contributed by atoms with Crippen molar-refractivity contribution in [2.75, 3.05) is 12.3 Å². The molecule has 0 spiro atoms. The summed E-state index contributed by atoms with van der Waals surface area (Å²) < 4.78 is 28.0. The summed E-state index contributed by atoms with van der Waals surface area (Å²) in [6.07, 6.45) is 0.620. The minimum absolute atomic E-state index is 0. The van der Waals surface area contributed by atoms with Gasteiger partial charge >= 0.3 is 16.1 Å². The van der Waals surface area contributed by atoms with E-state index in [9.17, 15) is 13.2 Å². The van der Waals surface area contributed by atoms with E-state index < -0.39 is 15.7 Å². The van der Waals surface area contributed by atoms with E-state index in [2.05, 4.69) is 10.4 Å². The fourth-order valence-corrected chi connectivity index (χ4v) is 2.77. The number of carbonyl (C=O) groups is 1. The molecule has 0 aromatic rings. The molecule has 0 aliphatic carbocycles. The molecule has 0 fully saturated rings. The van der Waals surface area contributed by atoms with Crippen LogP contribution < -0.4 is 5.32 Å². The van der Waals surface area contributed by atoms with Crippen molar-refractivity contribution in [3.8, 4) is 0 Å². The summed E-state index contributed by atoms with van der Waals surface area (Å²) in [5.41, 5.74) is -0.570. The van der Waals surface area contributed by atoms with E-state index in [1.54, 1.807) is 13.8 Å². The fraction of sp³-hybridized carbons (Fsp3) is 0.800. The zero-order chi connectivity index (χ0) is 12.7. The first kappa shape index (κ1) is 14.7. The van der Waals surface area contributed by atoms with Crippen molar-refractivity contribution in [3.05, 3.63) is 0 Å². The van der Waals surface area contributed by atoms with Crippen LogP contribution in [0.4, 0.5) is 4.79 Å². The number of nitrogens with one attached hydrogen (secondary N) is 1. The Labute approximate surface area is 107 Å². The van der Waals surface area contributed by atoms with Gasteiger partial charge < -0.3 is 9.50 Å². The Morgan fingerprint density at radius 2 is 2.11 bits per heavy atom. The zero-order valence-electron chi connectivity index (χ0n) is 9.76. The summed E-state index contributed by atoms with van der Waals surface area (Å²) >= 11 is 0. The van der Waals surface area contributed by atoms with Crippen LogP contribution in [-0.2, 0) is 14.3 Å². The van der Waals surface area contributed by atoms with Gasteiger partial charge in [0.05, 0.1) is 17.7 Å². The third kappa shape index (κ3) is 2.92. The fourth-order valence-electron chi connectivity index (χ4n) is 1.80. The van der Waals surface area contributed by atoms with Gasteiger partial charge in [-0.05, 0) is 20.3 Å². The Balaban J connectivity index is 0.00000162. The van der Waals surface area contributed by atoms with Crippen LogP contribution >= 0.6 is 0 Å². The van der Waals surface area contributed by atoms with Gasteiger partial charge in [-0.15, -0.1) is 5.10 Å². The minimum Gasteiger partial charge on any atom is -0.365 e. The molecule has 0 saturated carbocycles. The smallest absolute Gasteiger partial charge is 0.338 e. The molecule has 0 saturated heterocycles. The SMILES string of the molecule is C.CC1(C)CC2=NN1C(=O)NCCCS(=O)(=O)O2. The second kappa shape index (κ2) is 4.75. The van der Waals surface area contributed by atoms with Crippen LogP contribution in [0.3, 0.4) is 0 Å². The Morgan fingerprint density at radius 3 is 2.78 bits per heavy atom. The molecule has 2 amide bonds. The van der Waals surface area contributed by atoms with Gasteiger partial charge in [0.2, 0.25) is 5.90 Å². The molecule has 0 aromatic heterocycles. The van der Waals surface area contributed by atoms with Crippen molar-refractivity contribution in [2.24, 2.45) is 5.10 Å². The predicted molar refractivity (Wildman–Crippen MR) is 67.6 cm³/mol. The molecule has 0 atom stereocenters. The molecule has 104 valence electrons. The van der Waals surface area contributed by atoms with E-state index >= 15 is 0 Å². The van der Waals surface area contributed by atoms with Crippen LogP contribution in [0.1, 0.15) is 34.1 Å². The lowest BCUT2D eigenvalue weighted by Crippen LogP contribution is -2.46. The van der Waals surface area contributed by atoms with Gasteiger partial charge in [-0.3, -0.25) is 0 Å². The second-order valence-corrected chi connectivity index (χ2v) is 6.42. The Morgan fingerprint density at radius 1 is 1.44 bits per heavy atom. The highest BCUT2D eigenvalue weighted by atomic mass is 32.2. The van der Waals surface area contributed by atoms with Crippen molar-refractivity contribution >= 4 is 22.0 Å². The summed E-state index contributed by atoms with van der Waals surface area (Å²) in [5.74, 6) is -0.0424. The van der Waals surface area contributed by atoms with Gasteiger partial charge in [0, 0.05) is 6.54 Å². The molecule has 2 bridgehead atoms. The number of carbonyl (C=O) groups excluding carboxylic acids is 1. The topological polar surface area (TPSA) is 88.1 Å². The molecular formula is C10H19N3O4S. The summed E-state index contributed by atoms with van der Waals surface area (Å²) in [6.45, 7) is 3.90. The summed E-state index contributed by atoms with van der Waals surface area (Å²) in [5, 5.41) is 7.79. The van der Waals surface area contributed by atoms with Crippen LogP contribution in [-0.4, -0.2) is 43.2 Å². The van der Waals surface area contributed by atoms with Crippen molar-refractivity contribution in [3.63, 3.8) is 0 Å². The summed E-state index contributed by atoms with van der Waals surface area (Å²) in [7, 11) is -3.59. The van der Waals surface area contributed by atoms with E-state index in [-0.39, 0.29) is 25.1 Å². The highest BCUT2D eigenvalue weighted by Crippen LogP contribution is 2.28. The maximum absolute atomic E-state index is 11.8. The summed E-state index contributed by atoms with van der Waals surface area (Å²) in [6, 6.07) is -0.326. The molecule has 7 nitrogen and oxygen atoms in total. The highest BCUT2D eigenvalue weighted by Gasteiger charge is 2.41. The molecule has 2 rings (SSSR count). The number of nitrogens with zero attached hydrogens (tertiary/aromatic N) is 2. The molecule has 8 heteroatoms. The maximum Gasteiger partial charge on any atom is 0.338 e. The van der Waals surface area contributed by atoms with Gasteiger partial charge in [0.15, 0.2) is 0 Å². The van der Waals surface area contributed by atoms with E-state index in [0.717, 1.165) is 0 Å². The second-order valence-electron chi connectivity index (χ2n) is 4.73. The number of hydrazone groups is 1. The first-order chi connectivity index (χ1) is 7.80. The molecular weight excluding hydrogens is 258 g/mol. The van der Waals surface area contributed by atoms with Gasteiger partial charge in [0.25, 0.3) is 0 Å². The monoisotopic (exact) mass is 277 g/mol. The standard InChI is InChI=1S/C9H15N3O4S.CH4/c1-9(2)6-7-11-12(9)8(13)10-4-3-5-17(14,15)16-7;/h3-6H2,1-2H3,(H,10,13);1H4. The Hall–Kier alpha value is -1.31. The van der Waals surface area contributed by atoms with Crippen LogP contribution in [0.15, 0.2) is 5.10 Å². The molecule has 0 unspecified atom stereocenters.